The van der Waals surface area contributed by atoms with Gasteiger partial charge in [-0.05, 0) is 25.8 Å². The Labute approximate surface area is 120 Å². The molecule has 0 bridgehead atoms. The molecule has 0 radical (unpaired) electrons. The van der Waals surface area contributed by atoms with Crippen LogP contribution in [0.15, 0.2) is 29.8 Å². The minimum Gasteiger partial charge on any atom is -0.489 e. The highest BCUT2D eigenvalue weighted by Crippen LogP contribution is 2.34. The number of Topliss-reactive ketones (excluding diaryl/α,β-unsaturated/α-hetero) is 1. The molecule has 0 spiro atoms. The van der Waals surface area contributed by atoms with Crippen LogP contribution >= 0.6 is 0 Å². The first kappa shape index (κ1) is 13.4. The molecule has 1 saturated carbocycles. The largest absolute Gasteiger partial charge is 0.489 e. The number of para-hydroxylation sites is 1. The van der Waals surface area contributed by atoms with Crippen LogP contribution < -0.4 is 4.74 Å². The van der Waals surface area contributed by atoms with Gasteiger partial charge >= 0.3 is 0 Å². The van der Waals surface area contributed by atoms with E-state index in [1.54, 1.807) is 0 Å². The summed E-state index contributed by atoms with van der Waals surface area (Å²) < 4.78 is 6.22. The first-order valence-corrected chi connectivity index (χ1v) is 7.69. The monoisotopic (exact) mass is 270 g/mol. The van der Waals surface area contributed by atoms with Crippen LogP contribution in [0.4, 0.5) is 0 Å². The highest BCUT2D eigenvalue weighted by Gasteiger charge is 2.32. The topological polar surface area (TPSA) is 26.3 Å². The predicted molar refractivity (Wildman–Crippen MR) is 80.7 cm³/mol. The number of carbonyl (C=O) groups is 1. The van der Waals surface area contributed by atoms with Gasteiger partial charge < -0.3 is 4.74 Å². The maximum Gasteiger partial charge on any atom is 0.139 e. The summed E-state index contributed by atoms with van der Waals surface area (Å²) in [7, 11) is 0. The number of ether oxygens (including phenoxy) is 1. The van der Waals surface area contributed by atoms with Crippen molar-refractivity contribution >= 4 is 11.9 Å². The molecule has 106 valence electrons. The van der Waals surface area contributed by atoms with Crippen LogP contribution in [-0.2, 0) is 4.79 Å². The maximum atomic E-state index is 12.3. The molecule has 2 atom stereocenters. The van der Waals surface area contributed by atoms with Gasteiger partial charge in [0, 0.05) is 18.4 Å². The fourth-order valence-corrected chi connectivity index (χ4v) is 3.36. The molecule has 20 heavy (non-hydrogen) atoms. The average Bonchev–Trinajstić information content (AvgIpc) is 2.73. The van der Waals surface area contributed by atoms with Crippen molar-refractivity contribution in [1.29, 1.82) is 0 Å². The molecule has 2 unspecified atom stereocenters. The first-order valence-electron chi connectivity index (χ1n) is 7.69. The molecule has 2 aliphatic rings. The SMILES string of the molecule is CC1=Cc2ccccc2OC(C2CCCCCC2=O)C1. The van der Waals surface area contributed by atoms with E-state index in [4.69, 9.17) is 4.74 Å². The van der Waals surface area contributed by atoms with Crippen molar-refractivity contribution < 1.29 is 9.53 Å². The molecular weight excluding hydrogens is 248 g/mol. The van der Waals surface area contributed by atoms with Gasteiger partial charge in [-0.2, -0.15) is 0 Å². The van der Waals surface area contributed by atoms with Crippen LogP contribution in [0.5, 0.6) is 5.75 Å². The van der Waals surface area contributed by atoms with Crippen molar-refractivity contribution in [2.24, 2.45) is 5.92 Å². The van der Waals surface area contributed by atoms with E-state index in [9.17, 15) is 4.79 Å². The number of fused-ring (bicyclic) bond motifs is 1. The van der Waals surface area contributed by atoms with E-state index in [1.165, 1.54) is 12.0 Å². The van der Waals surface area contributed by atoms with E-state index < -0.39 is 0 Å². The first-order chi connectivity index (χ1) is 9.74. The van der Waals surface area contributed by atoms with Crippen molar-refractivity contribution in [2.75, 3.05) is 0 Å². The van der Waals surface area contributed by atoms with Gasteiger partial charge in [-0.15, -0.1) is 0 Å². The second-order valence-electron chi connectivity index (χ2n) is 6.06. The van der Waals surface area contributed by atoms with E-state index in [1.807, 2.05) is 18.2 Å². The number of hydrogen-bond donors (Lipinski definition) is 0. The highest BCUT2D eigenvalue weighted by molar-refractivity contribution is 5.82. The smallest absolute Gasteiger partial charge is 0.139 e. The molecule has 2 heteroatoms. The number of benzene rings is 1. The summed E-state index contributed by atoms with van der Waals surface area (Å²) in [6, 6.07) is 8.12. The maximum absolute atomic E-state index is 12.3. The molecule has 3 rings (SSSR count). The molecule has 1 aliphatic carbocycles. The van der Waals surface area contributed by atoms with Gasteiger partial charge in [-0.25, -0.2) is 0 Å². The van der Waals surface area contributed by atoms with Crippen LogP contribution in [0.25, 0.3) is 6.08 Å². The van der Waals surface area contributed by atoms with Gasteiger partial charge in [0.2, 0.25) is 0 Å². The Morgan fingerprint density at radius 1 is 1.15 bits per heavy atom. The van der Waals surface area contributed by atoms with Gasteiger partial charge in [0.25, 0.3) is 0 Å². The molecule has 1 aliphatic heterocycles. The minimum absolute atomic E-state index is 0.0144. The van der Waals surface area contributed by atoms with Crippen LogP contribution in [0.2, 0.25) is 0 Å². The van der Waals surface area contributed by atoms with E-state index in [0.29, 0.717) is 5.78 Å². The summed E-state index contributed by atoms with van der Waals surface area (Å²) in [6.07, 6.45) is 8.17. The van der Waals surface area contributed by atoms with Crippen LogP contribution in [0.1, 0.15) is 51.0 Å². The molecule has 1 aromatic carbocycles. The summed E-state index contributed by atoms with van der Waals surface area (Å²) >= 11 is 0. The number of ketones is 1. The van der Waals surface area contributed by atoms with Crippen LogP contribution in [-0.4, -0.2) is 11.9 Å². The zero-order chi connectivity index (χ0) is 13.9. The normalized spacial score (nSPS) is 26.9. The lowest BCUT2D eigenvalue weighted by Gasteiger charge is -2.25. The lowest BCUT2D eigenvalue weighted by Crippen LogP contribution is -2.32. The molecule has 1 fully saturated rings. The van der Waals surface area contributed by atoms with E-state index >= 15 is 0 Å². The number of carbonyl (C=O) groups excluding carboxylic acids is 1. The van der Waals surface area contributed by atoms with Crippen molar-refractivity contribution in [2.45, 2.75) is 51.6 Å². The quantitative estimate of drug-likeness (QED) is 0.707. The number of hydrogen-bond acceptors (Lipinski definition) is 2. The standard InChI is InChI=1S/C18H22O2/c1-13-11-14-7-5-6-10-17(14)20-18(12-13)15-8-3-2-4-9-16(15)19/h5-7,10-11,15,18H,2-4,8-9,12H2,1H3. The Hall–Kier alpha value is -1.57. The van der Waals surface area contributed by atoms with Crippen molar-refractivity contribution in [3.63, 3.8) is 0 Å². The predicted octanol–water partition coefficient (Wildman–Crippen LogP) is 4.39. The van der Waals surface area contributed by atoms with Crippen molar-refractivity contribution in [3.8, 4) is 5.75 Å². The van der Waals surface area contributed by atoms with Gasteiger partial charge in [0.1, 0.15) is 17.6 Å². The molecule has 1 heterocycles. The third-order valence-electron chi connectivity index (χ3n) is 4.42. The fourth-order valence-electron chi connectivity index (χ4n) is 3.36. The van der Waals surface area contributed by atoms with Crippen LogP contribution in [0.3, 0.4) is 0 Å². The molecular formula is C18H22O2. The second-order valence-corrected chi connectivity index (χ2v) is 6.06. The number of rotatable bonds is 1. The van der Waals surface area contributed by atoms with Crippen molar-refractivity contribution in [3.05, 3.63) is 35.4 Å². The highest BCUT2D eigenvalue weighted by atomic mass is 16.5. The summed E-state index contributed by atoms with van der Waals surface area (Å²) in [5.41, 5.74) is 2.44. The third-order valence-corrected chi connectivity index (χ3v) is 4.42. The average molecular weight is 270 g/mol. The Kier molecular flexibility index (Phi) is 3.90. The molecule has 2 nitrogen and oxygen atoms in total. The van der Waals surface area contributed by atoms with Crippen molar-refractivity contribution in [1.82, 2.24) is 0 Å². The van der Waals surface area contributed by atoms with Gasteiger partial charge in [-0.1, -0.05) is 42.7 Å². The van der Waals surface area contributed by atoms with E-state index in [-0.39, 0.29) is 12.0 Å². The summed E-state index contributed by atoms with van der Waals surface area (Å²) in [6.45, 7) is 2.14. The molecule has 0 N–H and O–H groups in total. The molecule has 0 saturated heterocycles. The molecule has 0 aromatic heterocycles. The lowest BCUT2D eigenvalue weighted by molar-refractivity contribution is -0.125. The molecule has 1 aromatic rings. The fraction of sp³-hybridized carbons (Fsp3) is 0.500. The summed E-state index contributed by atoms with van der Waals surface area (Å²) in [5, 5.41) is 0. The molecule has 0 amide bonds. The van der Waals surface area contributed by atoms with E-state index in [0.717, 1.165) is 43.4 Å². The second kappa shape index (κ2) is 5.82. The zero-order valence-electron chi connectivity index (χ0n) is 12.1. The Balaban J connectivity index is 1.88. The van der Waals surface area contributed by atoms with E-state index in [2.05, 4.69) is 19.1 Å². The summed E-state index contributed by atoms with van der Waals surface area (Å²) in [4.78, 5) is 12.3. The van der Waals surface area contributed by atoms with Gasteiger partial charge in [-0.3, -0.25) is 4.79 Å². The Morgan fingerprint density at radius 2 is 2.00 bits per heavy atom. The third kappa shape index (κ3) is 2.79. The van der Waals surface area contributed by atoms with Gasteiger partial charge in [0.15, 0.2) is 0 Å². The lowest BCUT2D eigenvalue weighted by atomic mass is 9.89. The van der Waals surface area contributed by atoms with Gasteiger partial charge in [0.05, 0.1) is 5.92 Å². The zero-order valence-corrected chi connectivity index (χ0v) is 12.1. The minimum atomic E-state index is 0.0144. The Morgan fingerprint density at radius 3 is 2.90 bits per heavy atom. The summed E-state index contributed by atoms with van der Waals surface area (Å²) in [5.74, 6) is 1.40. The Bertz CT molecular complexity index is 530. The van der Waals surface area contributed by atoms with Crippen LogP contribution in [0, 0.1) is 5.92 Å².